The molecule has 2 rings (SSSR count). The quantitative estimate of drug-likeness (QED) is 0.544. The predicted octanol–water partition coefficient (Wildman–Crippen LogP) is 2.98. The van der Waals surface area contributed by atoms with Gasteiger partial charge in [0.05, 0.1) is 29.1 Å². The number of aliphatic hydroxyl groups is 1. The van der Waals surface area contributed by atoms with Gasteiger partial charge >= 0.3 is 12.2 Å². The third-order valence-corrected chi connectivity index (χ3v) is 4.90. The van der Waals surface area contributed by atoms with Crippen LogP contribution in [0.3, 0.4) is 0 Å². The highest BCUT2D eigenvalue weighted by Gasteiger charge is 2.27. The topological polar surface area (TPSA) is 112 Å². The minimum absolute atomic E-state index is 0.0442. The number of carbonyl (C=O) groups is 2. The summed E-state index contributed by atoms with van der Waals surface area (Å²) in [5.74, 6) is 0.151. The number of rotatable bonds is 10. The zero-order valence-corrected chi connectivity index (χ0v) is 17.3. The number of aliphatic hydroxyl groups excluding tert-OH is 1. The van der Waals surface area contributed by atoms with Gasteiger partial charge in [-0.15, -0.1) is 11.3 Å². The first-order valence-corrected chi connectivity index (χ1v) is 10.2. The van der Waals surface area contributed by atoms with E-state index in [4.69, 9.17) is 9.84 Å². The molecule has 0 radical (unpaired) electrons. The van der Waals surface area contributed by atoms with E-state index in [1.54, 1.807) is 11.7 Å². The number of thiazole rings is 1. The lowest BCUT2D eigenvalue weighted by Crippen LogP contribution is -2.51. The monoisotopic (exact) mass is 421 g/mol. The summed E-state index contributed by atoms with van der Waals surface area (Å²) in [5, 5.41) is 22.2. The minimum atomic E-state index is -1.23. The average molecular weight is 422 g/mol. The SMILES string of the molecule is CC(C)CN(C[C@H](O)[C@H](Cc1ccccc1)NC(=O)O)C(=O)OCc1cncs1. The van der Waals surface area contributed by atoms with Crippen LogP contribution < -0.4 is 5.32 Å². The smallest absolute Gasteiger partial charge is 0.410 e. The number of benzene rings is 1. The van der Waals surface area contributed by atoms with Crippen molar-refractivity contribution in [2.45, 2.75) is 39.0 Å². The van der Waals surface area contributed by atoms with E-state index in [1.165, 1.54) is 16.2 Å². The van der Waals surface area contributed by atoms with Crippen molar-refractivity contribution in [1.82, 2.24) is 15.2 Å². The van der Waals surface area contributed by atoms with Crippen LogP contribution in [0, 0.1) is 5.92 Å². The molecule has 0 saturated heterocycles. The van der Waals surface area contributed by atoms with Crippen molar-refractivity contribution in [3.8, 4) is 0 Å². The molecule has 0 saturated carbocycles. The second-order valence-electron chi connectivity index (χ2n) is 7.13. The molecule has 0 spiro atoms. The van der Waals surface area contributed by atoms with Gasteiger partial charge in [-0.1, -0.05) is 44.2 Å². The van der Waals surface area contributed by atoms with Crippen molar-refractivity contribution in [2.24, 2.45) is 5.92 Å². The number of carbonyl (C=O) groups excluding carboxylic acids is 1. The number of carboxylic acid groups (broad SMARTS) is 1. The molecule has 1 heterocycles. The number of hydrogen-bond acceptors (Lipinski definition) is 6. The summed E-state index contributed by atoms with van der Waals surface area (Å²) in [6, 6.07) is 8.52. The number of hydrogen-bond donors (Lipinski definition) is 3. The van der Waals surface area contributed by atoms with Crippen LogP contribution in [-0.4, -0.2) is 57.5 Å². The summed E-state index contributed by atoms with van der Waals surface area (Å²) >= 11 is 1.39. The van der Waals surface area contributed by atoms with Gasteiger partial charge in [0.15, 0.2) is 0 Å². The summed E-state index contributed by atoms with van der Waals surface area (Å²) in [6.45, 7) is 4.34. The highest BCUT2D eigenvalue weighted by atomic mass is 32.1. The lowest BCUT2D eigenvalue weighted by atomic mass is 10.0. The summed E-state index contributed by atoms with van der Waals surface area (Å²) in [4.78, 5) is 29.9. The van der Waals surface area contributed by atoms with Crippen molar-refractivity contribution in [2.75, 3.05) is 13.1 Å². The zero-order valence-electron chi connectivity index (χ0n) is 16.5. The third-order valence-electron chi connectivity index (χ3n) is 4.14. The van der Waals surface area contributed by atoms with E-state index in [-0.39, 0.29) is 19.1 Å². The molecule has 158 valence electrons. The van der Waals surface area contributed by atoms with Crippen LogP contribution >= 0.6 is 11.3 Å². The fourth-order valence-corrected chi connectivity index (χ4v) is 3.37. The van der Waals surface area contributed by atoms with Crippen LogP contribution in [0.4, 0.5) is 9.59 Å². The number of amides is 2. The lowest BCUT2D eigenvalue weighted by molar-refractivity contribution is 0.0513. The Morgan fingerprint density at radius 3 is 2.55 bits per heavy atom. The van der Waals surface area contributed by atoms with Crippen molar-refractivity contribution in [3.63, 3.8) is 0 Å². The first-order chi connectivity index (χ1) is 13.8. The van der Waals surface area contributed by atoms with Gasteiger partial charge in [0.25, 0.3) is 0 Å². The molecule has 0 aliphatic rings. The van der Waals surface area contributed by atoms with Gasteiger partial charge in [-0.2, -0.15) is 0 Å². The summed E-state index contributed by atoms with van der Waals surface area (Å²) in [5.41, 5.74) is 2.54. The lowest BCUT2D eigenvalue weighted by Gasteiger charge is -2.30. The molecule has 0 unspecified atom stereocenters. The Hall–Kier alpha value is -2.65. The van der Waals surface area contributed by atoms with Gasteiger partial charge < -0.3 is 25.2 Å². The number of ether oxygens (including phenoxy) is 1. The molecule has 1 aromatic heterocycles. The van der Waals surface area contributed by atoms with E-state index in [0.717, 1.165) is 10.4 Å². The molecular weight excluding hydrogens is 394 g/mol. The molecular formula is C20H27N3O5S. The normalized spacial score (nSPS) is 13.0. The molecule has 0 aliphatic carbocycles. The van der Waals surface area contributed by atoms with Crippen LogP contribution in [0.2, 0.25) is 0 Å². The van der Waals surface area contributed by atoms with Crippen molar-refractivity contribution in [1.29, 1.82) is 0 Å². The van der Waals surface area contributed by atoms with E-state index in [2.05, 4.69) is 10.3 Å². The number of nitrogens with zero attached hydrogens (tertiary/aromatic N) is 2. The Labute approximate surface area is 174 Å². The largest absolute Gasteiger partial charge is 0.465 e. The third kappa shape index (κ3) is 8.08. The number of nitrogens with one attached hydrogen (secondary N) is 1. The summed E-state index contributed by atoms with van der Waals surface area (Å²) < 4.78 is 5.34. The van der Waals surface area contributed by atoms with Crippen LogP contribution in [0.5, 0.6) is 0 Å². The second kappa shape index (κ2) is 11.4. The zero-order chi connectivity index (χ0) is 21.2. The molecule has 3 N–H and O–H groups in total. The molecule has 29 heavy (non-hydrogen) atoms. The molecule has 1 aromatic carbocycles. The molecule has 2 aromatic rings. The Balaban J connectivity index is 2.04. The minimum Gasteiger partial charge on any atom is -0.465 e. The van der Waals surface area contributed by atoms with Crippen LogP contribution in [0.15, 0.2) is 42.0 Å². The van der Waals surface area contributed by atoms with Crippen molar-refractivity contribution in [3.05, 3.63) is 52.5 Å². The van der Waals surface area contributed by atoms with E-state index >= 15 is 0 Å². The van der Waals surface area contributed by atoms with E-state index in [9.17, 15) is 14.7 Å². The number of aromatic nitrogens is 1. The van der Waals surface area contributed by atoms with Crippen molar-refractivity contribution < 1.29 is 24.5 Å². The summed E-state index contributed by atoms with van der Waals surface area (Å²) in [7, 11) is 0. The maximum Gasteiger partial charge on any atom is 0.410 e. The van der Waals surface area contributed by atoms with E-state index < -0.39 is 24.3 Å². The Bertz CT molecular complexity index is 755. The van der Waals surface area contributed by atoms with Crippen LogP contribution in [0.25, 0.3) is 0 Å². The van der Waals surface area contributed by atoms with Gasteiger partial charge in [-0.25, -0.2) is 9.59 Å². The van der Waals surface area contributed by atoms with E-state index in [1.807, 2.05) is 44.2 Å². The van der Waals surface area contributed by atoms with Gasteiger partial charge in [0, 0.05) is 12.7 Å². The first kappa shape index (κ1) is 22.6. The molecule has 0 fully saturated rings. The molecule has 8 nitrogen and oxygen atoms in total. The fourth-order valence-electron chi connectivity index (χ4n) is 2.86. The first-order valence-electron chi connectivity index (χ1n) is 9.35. The van der Waals surface area contributed by atoms with Crippen molar-refractivity contribution >= 4 is 23.5 Å². The predicted molar refractivity (Wildman–Crippen MR) is 110 cm³/mol. The van der Waals surface area contributed by atoms with E-state index in [0.29, 0.717) is 13.0 Å². The molecule has 2 atom stereocenters. The van der Waals surface area contributed by atoms with Gasteiger partial charge in [0.1, 0.15) is 6.61 Å². The second-order valence-corrected chi connectivity index (χ2v) is 8.11. The Morgan fingerprint density at radius 2 is 1.97 bits per heavy atom. The molecule has 9 heteroatoms. The van der Waals surface area contributed by atoms with Crippen LogP contribution in [0.1, 0.15) is 24.3 Å². The Kier molecular flexibility index (Phi) is 8.88. The van der Waals surface area contributed by atoms with Gasteiger partial charge in [-0.3, -0.25) is 4.98 Å². The summed E-state index contributed by atoms with van der Waals surface area (Å²) in [6.07, 6.45) is -0.944. The maximum atomic E-state index is 12.6. The Morgan fingerprint density at radius 1 is 1.24 bits per heavy atom. The average Bonchev–Trinajstić information content (AvgIpc) is 3.18. The molecule has 2 amide bonds. The van der Waals surface area contributed by atoms with Crippen LogP contribution in [-0.2, 0) is 17.8 Å². The highest BCUT2D eigenvalue weighted by Crippen LogP contribution is 2.12. The van der Waals surface area contributed by atoms with Gasteiger partial charge in [-0.05, 0) is 17.9 Å². The molecule has 0 bridgehead atoms. The fraction of sp³-hybridized carbons (Fsp3) is 0.450. The standard InChI is InChI=1S/C20H27N3O5S/c1-14(2)10-23(20(27)28-12-16-9-21-13-29-16)11-18(24)17(22-19(25)26)8-15-6-4-3-5-7-15/h3-7,9,13-14,17-18,22,24H,8,10-12H2,1-2H3,(H,25,26)/t17-,18-/m0/s1. The maximum absolute atomic E-state index is 12.6. The molecule has 0 aliphatic heterocycles. The van der Waals surface area contributed by atoms with Gasteiger partial charge in [0.2, 0.25) is 0 Å². The highest BCUT2D eigenvalue weighted by molar-refractivity contribution is 7.09.